The average molecular weight is 378 g/mol. The number of carbonyl (C=O) groups is 2. The van der Waals surface area contributed by atoms with Crippen LogP contribution in [-0.2, 0) is 4.79 Å². The van der Waals surface area contributed by atoms with Crippen LogP contribution >= 0.6 is 0 Å². The Morgan fingerprint density at radius 3 is 2.89 bits per heavy atom. The van der Waals surface area contributed by atoms with Crippen LogP contribution in [0.5, 0.6) is 0 Å². The van der Waals surface area contributed by atoms with E-state index in [4.69, 9.17) is 0 Å². The third-order valence-electron chi connectivity index (χ3n) is 6.01. The second kappa shape index (κ2) is 7.34. The summed E-state index contributed by atoms with van der Waals surface area (Å²) in [5.41, 5.74) is 1.35. The molecular weight excluding hydrogens is 352 g/mol. The van der Waals surface area contributed by atoms with Gasteiger partial charge in [0, 0.05) is 24.3 Å². The molecule has 6 heteroatoms. The summed E-state index contributed by atoms with van der Waals surface area (Å²) in [6, 6.07) is 9.43. The molecule has 2 amide bonds. The van der Waals surface area contributed by atoms with Crippen molar-refractivity contribution < 1.29 is 9.59 Å². The predicted molar refractivity (Wildman–Crippen MR) is 107 cm³/mol. The van der Waals surface area contributed by atoms with E-state index in [2.05, 4.69) is 15.3 Å². The van der Waals surface area contributed by atoms with E-state index in [1.165, 1.54) is 0 Å². The van der Waals surface area contributed by atoms with E-state index in [-0.39, 0.29) is 23.3 Å². The molecule has 1 N–H and O–H groups in total. The molecule has 2 heterocycles. The van der Waals surface area contributed by atoms with Crippen LogP contribution in [0, 0.1) is 19.3 Å². The topological polar surface area (TPSA) is 75.2 Å². The molecule has 1 aromatic carbocycles. The maximum atomic E-state index is 13.3. The summed E-state index contributed by atoms with van der Waals surface area (Å²) in [5.74, 6) is 1.43. The van der Waals surface area contributed by atoms with Gasteiger partial charge in [0.2, 0.25) is 5.91 Å². The lowest BCUT2D eigenvalue weighted by Crippen LogP contribution is -2.46. The van der Waals surface area contributed by atoms with Crippen molar-refractivity contribution in [1.82, 2.24) is 15.3 Å². The molecule has 2 fully saturated rings. The Kier molecular flexibility index (Phi) is 4.87. The van der Waals surface area contributed by atoms with Crippen LogP contribution in [0.4, 0.5) is 5.82 Å². The first-order valence-corrected chi connectivity index (χ1v) is 9.96. The van der Waals surface area contributed by atoms with E-state index in [0.29, 0.717) is 30.2 Å². The molecule has 1 aromatic heterocycles. The molecule has 2 aromatic rings. The van der Waals surface area contributed by atoms with Crippen LogP contribution in [0.15, 0.2) is 36.5 Å². The third kappa shape index (κ3) is 3.51. The molecule has 1 saturated heterocycles. The summed E-state index contributed by atoms with van der Waals surface area (Å²) in [5, 5.41) is 3.16. The predicted octanol–water partition coefficient (Wildman–Crippen LogP) is 3.19. The van der Waals surface area contributed by atoms with E-state index in [0.717, 1.165) is 31.2 Å². The number of nitrogens with zero attached hydrogens (tertiary/aromatic N) is 3. The van der Waals surface area contributed by atoms with Crippen LogP contribution in [0.3, 0.4) is 0 Å². The Labute approximate surface area is 165 Å². The highest BCUT2D eigenvalue weighted by Crippen LogP contribution is 2.45. The van der Waals surface area contributed by atoms with Crippen molar-refractivity contribution in [3.63, 3.8) is 0 Å². The van der Waals surface area contributed by atoms with Crippen LogP contribution in [0.2, 0.25) is 0 Å². The van der Waals surface area contributed by atoms with Gasteiger partial charge in [-0.25, -0.2) is 9.97 Å². The number of rotatable bonds is 3. The van der Waals surface area contributed by atoms with Gasteiger partial charge in [-0.15, -0.1) is 0 Å². The van der Waals surface area contributed by atoms with Crippen LogP contribution in [0.25, 0.3) is 0 Å². The normalized spacial score (nSPS) is 24.6. The maximum Gasteiger partial charge on any atom is 0.251 e. The van der Waals surface area contributed by atoms with E-state index >= 15 is 0 Å². The standard InChI is InChI=1S/C22H26N4O2/c1-15-5-3-6-17(13-15)20(27)25-18-7-4-9-22(14-18)10-12-26(21(22)28)19-8-11-23-16(2)24-19/h3,5-6,8,11,13,18H,4,7,9-10,12,14H2,1-2H3,(H,25,27)/t18-,22-/m1/s1. The third-order valence-corrected chi connectivity index (χ3v) is 6.01. The van der Waals surface area contributed by atoms with E-state index in [1.54, 1.807) is 17.2 Å². The van der Waals surface area contributed by atoms with Crippen LogP contribution in [0.1, 0.15) is 53.8 Å². The van der Waals surface area contributed by atoms with E-state index in [9.17, 15) is 9.59 Å². The van der Waals surface area contributed by atoms with Crippen molar-refractivity contribution in [2.75, 3.05) is 11.4 Å². The fourth-order valence-electron chi connectivity index (χ4n) is 4.60. The molecule has 1 aliphatic heterocycles. The Bertz CT molecular complexity index is 913. The van der Waals surface area contributed by atoms with Crippen molar-refractivity contribution in [2.45, 2.75) is 52.0 Å². The lowest BCUT2D eigenvalue weighted by atomic mass is 9.71. The molecule has 4 rings (SSSR count). The van der Waals surface area contributed by atoms with Crippen molar-refractivity contribution in [1.29, 1.82) is 0 Å². The molecular formula is C22H26N4O2. The fraction of sp³-hybridized carbons (Fsp3) is 0.455. The second-order valence-corrected chi connectivity index (χ2v) is 8.09. The van der Waals surface area contributed by atoms with Gasteiger partial charge < -0.3 is 5.32 Å². The molecule has 0 bridgehead atoms. The number of anilines is 1. The molecule has 146 valence electrons. The Balaban J connectivity index is 1.47. The van der Waals surface area contributed by atoms with Gasteiger partial charge in [0.1, 0.15) is 11.6 Å². The molecule has 0 radical (unpaired) electrons. The van der Waals surface area contributed by atoms with Gasteiger partial charge >= 0.3 is 0 Å². The molecule has 1 saturated carbocycles. The highest BCUT2D eigenvalue weighted by molar-refractivity contribution is 5.99. The van der Waals surface area contributed by atoms with Gasteiger partial charge in [0.15, 0.2) is 0 Å². The molecule has 2 aliphatic rings. The fourth-order valence-corrected chi connectivity index (χ4v) is 4.60. The summed E-state index contributed by atoms with van der Waals surface area (Å²) >= 11 is 0. The van der Waals surface area contributed by atoms with Crippen molar-refractivity contribution in [2.24, 2.45) is 5.41 Å². The minimum absolute atomic E-state index is 0.0257. The monoisotopic (exact) mass is 378 g/mol. The first-order chi connectivity index (χ1) is 13.5. The minimum Gasteiger partial charge on any atom is -0.349 e. The maximum absolute atomic E-state index is 13.3. The number of hydrogen-bond donors (Lipinski definition) is 1. The van der Waals surface area contributed by atoms with Crippen molar-refractivity contribution >= 4 is 17.6 Å². The number of aromatic nitrogens is 2. The Hall–Kier alpha value is -2.76. The first-order valence-electron chi connectivity index (χ1n) is 9.96. The highest BCUT2D eigenvalue weighted by Gasteiger charge is 2.50. The number of aryl methyl sites for hydroxylation is 2. The summed E-state index contributed by atoms with van der Waals surface area (Å²) in [7, 11) is 0. The molecule has 28 heavy (non-hydrogen) atoms. The van der Waals surface area contributed by atoms with Gasteiger partial charge in [-0.05, 0) is 57.7 Å². The lowest BCUT2D eigenvalue weighted by molar-refractivity contribution is -0.127. The summed E-state index contributed by atoms with van der Waals surface area (Å²) in [4.78, 5) is 36.3. The first kappa shape index (κ1) is 18.6. The molecule has 6 nitrogen and oxygen atoms in total. The zero-order valence-corrected chi connectivity index (χ0v) is 16.4. The zero-order valence-electron chi connectivity index (χ0n) is 16.4. The largest absolute Gasteiger partial charge is 0.349 e. The van der Waals surface area contributed by atoms with E-state index in [1.807, 2.05) is 38.1 Å². The summed E-state index contributed by atoms with van der Waals surface area (Å²) in [6.07, 6.45) is 5.95. The Morgan fingerprint density at radius 1 is 1.25 bits per heavy atom. The highest BCUT2D eigenvalue weighted by atomic mass is 16.2. The van der Waals surface area contributed by atoms with Gasteiger partial charge in [-0.1, -0.05) is 24.1 Å². The molecule has 1 aliphatic carbocycles. The van der Waals surface area contributed by atoms with Crippen LogP contribution < -0.4 is 10.2 Å². The number of nitrogens with one attached hydrogen (secondary N) is 1. The SMILES string of the molecule is Cc1cccc(C(=O)N[C@@H]2CCC[C@@]3(CCN(c4ccnc(C)n4)C3=O)C2)c1. The quantitative estimate of drug-likeness (QED) is 0.890. The van der Waals surface area contributed by atoms with E-state index < -0.39 is 0 Å². The van der Waals surface area contributed by atoms with Gasteiger partial charge in [0.05, 0.1) is 5.41 Å². The lowest BCUT2D eigenvalue weighted by Gasteiger charge is -2.36. The molecule has 0 unspecified atom stereocenters. The average Bonchev–Trinajstić information content (AvgIpc) is 2.97. The van der Waals surface area contributed by atoms with Gasteiger partial charge in [-0.3, -0.25) is 14.5 Å². The second-order valence-electron chi connectivity index (χ2n) is 8.09. The number of carbonyl (C=O) groups excluding carboxylic acids is 2. The molecule has 2 atom stereocenters. The van der Waals surface area contributed by atoms with Gasteiger partial charge in [0.25, 0.3) is 5.91 Å². The summed E-state index contributed by atoms with van der Waals surface area (Å²) < 4.78 is 0. The van der Waals surface area contributed by atoms with Crippen molar-refractivity contribution in [3.05, 3.63) is 53.5 Å². The minimum atomic E-state index is -0.387. The smallest absolute Gasteiger partial charge is 0.251 e. The zero-order chi connectivity index (χ0) is 19.7. The number of amides is 2. The van der Waals surface area contributed by atoms with Gasteiger partial charge in [-0.2, -0.15) is 0 Å². The molecule has 1 spiro atoms. The Morgan fingerprint density at radius 2 is 2.11 bits per heavy atom. The van der Waals surface area contributed by atoms with Crippen LogP contribution in [-0.4, -0.2) is 34.4 Å². The number of hydrogen-bond acceptors (Lipinski definition) is 4. The number of benzene rings is 1. The summed E-state index contributed by atoms with van der Waals surface area (Å²) in [6.45, 7) is 4.48. The van der Waals surface area contributed by atoms with Crippen molar-refractivity contribution in [3.8, 4) is 0 Å².